The monoisotopic (exact) mass is 395 g/mol. The highest BCUT2D eigenvalue weighted by atomic mass is 16.5. The molecule has 2 heterocycles. The summed E-state index contributed by atoms with van der Waals surface area (Å²) >= 11 is 0. The fourth-order valence-electron chi connectivity index (χ4n) is 3.38. The Morgan fingerprint density at radius 1 is 1.31 bits per heavy atom. The number of nitrogens with zero attached hydrogens (tertiary/aromatic N) is 3. The second-order valence-corrected chi connectivity index (χ2v) is 6.83. The van der Waals surface area contributed by atoms with Gasteiger partial charge in [-0.25, -0.2) is 0 Å². The quantitative estimate of drug-likeness (QED) is 0.592. The topological polar surface area (TPSA) is 112 Å². The molecule has 29 heavy (non-hydrogen) atoms. The van der Waals surface area contributed by atoms with Crippen molar-refractivity contribution in [3.05, 3.63) is 47.9 Å². The summed E-state index contributed by atoms with van der Waals surface area (Å²) in [7, 11) is 1.88. The van der Waals surface area contributed by atoms with E-state index in [4.69, 9.17) is 10.5 Å². The number of ether oxygens (including phenoxy) is 1. The number of carbonyl (C=O) groups excluding carboxylic acids is 2. The fourth-order valence-corrected chi connectivity index (χ4v) is 3.38. The van der Waals surface area contributed by atoms with Gasteiger partial charge in [0.05, 0.1) is 31.1 Å². The molecular formula is C21H25N5O3. The summed E-state index contributed by atoms with van der Waals surface area (Å²) in [6, 6.07) is 5.36. The minimum atomic E-state index is -0.578. The van der Waals surface area contributed by atoms with Crippen molar-refractivity contribution in [1.82, 2.24) is 20.1 Å². The van der Waals surface area contributed by atoms with Crippen LogP contribution in [0.3, 0.4) is 0 Å². The van der Waals surface area contributed by atoms with Crippen molar-refractivity contribution in [2.75, 3.05) is 13.2 Å². The minimum Gasteiger partial charge on any atom is -0.466 e. The molecule has 0 aliphatic heterocycles. The molecule has 0 bridgehead atoms. The molecule has 0 radical (unpaired) electrons. The van der Waals surface area contributed by atoms with E-state index in [1.54, 1.807) is 24.0 Å². The van der Waals surface area contributed by atoms with Crippen molar-refractivity contribution in [1.29, 1.82) is 0 Å². The van der Waals surface area contributed by atoms with Crippen LogP contribution < -0.4 is 11.1 Å². The second kappa shape index (κ2) is 8.83. The number of aromatic nitrogens is 3. The zero-order chi connectivity index (χ0) is 21.0. The van der Waals surface area contributed by atoms with Crippen LogP contribution in [0.15, 0.2) is 36.8 Å². The molecule has 152 valence electrons. The second-order valence-electron chi connectivity index (χ2n) is 6.83. The maximum atomic E-state index is 12.0. The van der Waals surface area contributed by atoms with Crippen molar-refractivity contribution in [2.45, 2.75) is 26.3 Å². The molecule has 1 amide bonds. The summed E-state index contributed by atoms with van der Waals surface area (Å²) in [5.74, 6) is -0.749. The zero-order valence-corrected chi connectivity index (χ0v) is 16.8. The van der Waals surface area contributed by atoms with Gasteiger partial charge in [-0.05, 0) is 42.7 Å². The van der Waals surface area contributed by atoms with E-state index in [2.05, 4.69) is 15.4 Å². The molecule has 3 N–H and O–H groups in total. The Morgan fingerprint density at radius 2 is 2.10 bits per heavy atom. The Balaban J connectivity index is 2.03. The van der Waals surface area contributed by atoms with Crippen LogP contribution in [0.5, 0.6) is 0 Å². The third kappa shape index (κ3) is 4.60. The van der Waals surface area contributed by atoms with E-state index in [0.717, 1.165) is 27.6 Å². The van der Waals surface area contributed by atoms with E-state index in [9.17, 15) is 9.59 Å². The molecule has 8 heteroatoms. The molecule has 0 saturated carbocycles. The Morgan fingerprint density at radius 3 is 2.83 bits per heavy atom. The Hall–Kier alpha value is -3.26. The van der Waals surface area contributed by atoms with Gasteiger partial charge >= 0.3 is 5.97 Å². The van der Waals surface area contributed by atoms with Crippen molar-refractivity contribution >= 4 is 22.8 Å². The van der Waals surface area contributed by atoms with E-state index in [-0.39, 0.29) is 25.5 Å². The van der Waals surface area contributed by atoms with Gasteiger partial charge in [-0.1, -0.05) is 6.07 Å². The van der Waals surface area contributed by atoms with Gasteiger partial charge in [-0.15, -0.1) is 0 Å². The highest BCUT2D eigenvalue weighted by molar-refractivity contribution is 5.96. The average Bonchev–Trinajstić information content (AvgIpc) is 3.07. The van der Waals surface area contributed by atoms with Gasteiger partial charge in [-0.2, -0.15) is 5.10 Å². The number of amides is 1. The Kier molecular flexibility index (Phi) is 6.23. The molecule has 0 fully saturated rings. The van der Waals surface area contributed by atoms with Gasteiger partial charge in [0.25, 0.3) is 0 Å². The first kappa shape index (κ1) is 20.5. The van der Waals surface area contributed by atoms with Gasteiger partial charge < -0.3 is 15.8 Å². The number of hydrogen-bond donors (Lipinski definition) is 2. The number of pyridine rings is 1. The number of fused-ring (bicyclic) bond motifs is 1. The van der Waals surface area contributed by atoms with Crippen LogP contribution in [0.2, 0.25) is 0 Å². The number of rotatable bonds is 7. The molecule has 0 saturated heterocycles. The molecule has 0 spiro atoms. The van der Waals surface area contributed by atoms with Gasteiger partial charge in [0.1, 0.15) is 0 Å². The highest BCUT2D eigenvalue weighted by Crippen LogP contribution is 2.32. The maximum absolute atomic E-state index is 12.0. The van der Waals surface area contributed by atoms with E-state index in [0.29, 0.717) is 5.56 Å². The number of benzene rings is 1. The third-order valence-electron chi connectivity index (χ3n) is 4.66. The summed E-state index contributed by atoms with van der Waals surface area (Å²) in [5, 5.41) is 8.27. The first-order chi connectivity index (χ1) is 13.9. The molecule has 3 rings (SSSR count). The van der Waals surface area contributed by atoms with Crippen molar-refractivity contribution in [3.63, 3.8) is 0 Å². The molecule has 1 atom stereocenters. The largest absolute Gasteiger partial charge is 0.466 e. The van der Waals surface area contributed by atoms with Crippen LogP contribution in [0, 0.1) is 6.92 Å². The number of aryl methyl sites for hydroxylation is 2. The third-order valence-corrected chi connectivity index (χ3v) is 4.66. The van der Waals surface area contributed by atoms with Crippen LogP contribution >= 0.6 is 0 Å². The first-order valence-corrected chi connectivity index (χ1v) is 9.46. The van der Waals surface area contributed by atoms with Gasteiger partial charge in [0.15, 0.2) is 0 Å². The molecule has 0 aliphatic carbocycles. The Labute approximate surface area is 169 Å². The Bertz CT molecular complexity index is 1040. The van der Waals surface area contributed by atoms with E-state index in [1.165, 1.54) is 0 Å². The summed E-state index contributed by atoms with van der Waals surface area (Å²) in [5.41, 5.74) is 10.0. The molecule has 3 aromatic rings. The van der Waals surface area contributed by atoms with Gasteiger partial charge in [0, 0.05) is 36.6 Å². The van der Waals surface area contributed by atoms with Crippen LogP contribution in [-0.2, 0) is 21.4 Å². The lowest BCUT2D eigenvalue weighted by molar-refractivity contribution is -0.143. The number of hydrogen-bond acceptors (Lipinski definition) is 6. The summed E-state index contributed by atoms with van der Waals surface area (Å²) in [6.07, 6.45) is 5.38. The number of carbonyl (C=O) groups is 2. The van der Waals surface area contributed by atoms with E-state index in [1.807, 2.05) is 38.4 Å². The SMILES string of the molecule is CCOC(=O)CC(NC(=O)CN)c1cncc(-c2c(C)ccc3nn(C)cc23)c1. The van der Waals surface area contributed by atoms with Crippen molar-refractivity contribution in [2.24, 2.45) is 12.8 Å². The van der Waals surface area contributed by atoms with Crippen LogP contribution in [0.1, 0.15) is 30.5 Å². The molecule has 1 unspecified atom stereocenters. The predicted molar refractivity (Wildman–Crippen MR) is 110 cm³/mol. The maximum Gasteiger partial charge on any atom is 0.308 e. The first-order valence-electron chi connectivity index (χ1n) is 9.46. The lowest BCUT2D eigenvalue weighted by atomic mass is 9.95. The van der Waals surface area contributed by atoms with E-state index >= 15 is 0 Å². The summed E-state index contributed by atoms with van der Waals surface area (Å²) in [6.45, 7) is 3.88. The molecule has 2 aromatic heterocycles. The standard InChI is InChI=1S/C21H25N5O3/c1-4-29-20(28)8-18(24-19(27)9-22)14-7-15(11-23-10-14)21-13(2)5-6-17-16(21)12-26(3)25-17/h5-7,10-12,18H,4,8-9,22H2,1-3H3,(H,24,27). The van der Waals surface area contributed by atoms with E-state index < -0.39 is 12.0 Å². The summed E-state index contributed by atoms with van der Waals surface area (Å²) < 4.78 is 6.82. The minimum absolute atomic E-state index is 0.000782. The normalized spacial score (nSPS) is 12.0. The van der Waals surface area contributed by atoms with Gasteiger partial charge in [0.2, 0.25) is 5.91 Å². The fraction of sp³-hybridized carbons (Fsp3) is 0.333. The molecular weight excluding hydrogens is 370 g/mol. The number of esters is 1. The molecule has 1 aromatic carbocycles. The predicted octanol–water partition coefficient (Wildman–Crippen LogP) is 2.01. The molecule has 0 aliphatic rings. The molecule has 8 nitrogen and oxygen atoms in total. The number of nitrogens with one attached hydrogen (secondary N) is 1. The zero-order valence-electron chi connectivity index (χ0n) is 16.8. The lowest BCUT2D eigenvalue weighted by Crippen LogP contribution is -2.35. The number of nitrogens with two attached hydrogens (primary N) is 1. The van der Waals surface area contributed by atoms with Crippen molar-refractivity contribution in [3.8, 4) is 11.1 Å². The van der Waals surface area contributed by atoms with Crippen molar-refractivity contribution < 1.29 is 14.3 Å². The summed E-state index contributed by atoms with van der Waals surface area (Å²) in [4.78, 5) is 28.3. The lowest BCUT2D eigenvalue weighted by Gasteiger charge is -2.19. The van der Waals surface area contributed by atoms with Crippen LogP contribution in [0.4, 0.5) is 0 Å². The van der Waals surface area contributed by atoms with Crippen LogP contribution in [0.25, 0.3) is 22.0 Å². The van der Waals surface area contributed by atoms with Crippen LogP contribution in [-0.4, -0.2) is 39.8 Å². The van der Waals surface area contributed by atoms with Gasteiger partial charge in [-0.3, -0.25) is 19.3 Å². The smallest absolute Gasteiger partial charge is 0.308 e. The average molecular weight is 395 g/mol. The highest BCUT2D eigenvalue weighted by Gasteiger charge is 2.20.